The molecule has 0 amide bonds. The summed E-state index contributed by atoms with van der Waals surface area (Å²) < 4.78 is 0. The molecule has 0 radical (unpaired) electrons. The molecule has 0 bridgehead atoms. The topological polar surface area (TPSA) is 12.0 Å². The van der Waals surface area contributed by atoms with Gasteiger partial charge in [-0.15, -0.1) is 11.3 Å². The van der Waals surface area contributed by atoms with Gasteiger partial charge in [-0.25, -0.2) is 0 Å². The molecule has 0 aliphatic rings. The predicted octanol–water partition coefficient (Wildman–Crippen LogP) is 4.98. The first kappa shape index (κ1) is 13.9. The molecule has 18 heavy (non-hydrogen) atoms. The molecule has 1 atom stereocenters. The first-order chi connectivity index (χ1) is 8.54. The Balaban J connectivity index is 2.52. The Morgan fingerprint density at radius 3 is 2.33 bits per heavy atom. The summed E-state index contributed by atoms with van der Waals surface area (Å²) in [6.07, 6.45) is 0. The minimum atomic E-state index is 0.0456. The van der Waals surface area contributed by atoms with Crippen LogP contribution in [0.15, 0.2) is 23.6 Å². The Kier molecular flexibility index (Phi) is 4.33. The van der Waals surface area contributed by atoms with E-state index in [1.807, 2.05) is 24.6 Å². The van der Waals surface area contributed by atoms with Gasteiger partial charge in [-0.05, 0) is 55.1 Å². The highest BCUT2D eigenvalue weighted by molar-refractivity contribution is 7.10. The number of benzene rings is 1. The monoisotopic (exact) mass is 299 g/mol. The first-order valence-electron chi connectivity index (χ1n) is 5.71. The van der Waals surface area contributed by atoms with Gasteiger partial charge in [0, 0.05) is 9.90 Å². The van der Waals surface area contributed by atoms with Gasteiger partial charge in [0.25, 0.3) is 0 Å². The van der Waals surface area contributed by atoms with E-state index in [1.165, 1.54) is 11.1 Å². The molecule has 1 aromatic carbocycles. The molecule has 2 rings (SSSR count). The van der Waals surface area contributed by atoms with E-state index in [1.54, 1.807) is 11.3 Å². The lowest BCUT2D eigenvalue weighted by atomic mass is 10.00. The number of hydrogen-bond donors (Lipinski definition) is 1. The maximum atomic E-state index is 6.37. The van der Waals surface area contributed by atoms with Crippen LogP contribution >= 0.6 is 34.5 Å². The van der Waals surface area contributed by atoms with E-state index in [0.717, 1.165) is 20.5 Å². The highest BCUT2D eigenvalue weighted by Crippen LogP contribution is 2.36. The van der Waals surface area contributed by atoms with Crippen molar-refractivity contribution in [3.8, 4) is 0 Å². The van der Waals surface area contributed by atoms with Crippen LogP contribution < -0.4 is 5.32 Å². The van der Waals surface area contributed by atoms with Crippen LogP contribution in [0.1, 0.15) is 27.6 Å². The maximum absolute atomic E-state index is 6.37. The third kappa shape index (κ3) is 2.57. The lowest BCUT2D eigenvalue weighted by Crippen LogP contribution is -2.17. The SMILES string of the molecule is CNC(c1cc(C)c(C)cc1Cl)c1sccc1Cl. The fraction of sp³-hybridized carbons (Fsp3) is 0.286. The molecule has 96 valence electrons. The van der Waals surface area contributed by atoms with E-state index in [9.17, 15) is 0 Å². The van der Waals surface area contributed by atoms with Crippen molar-refractivity contribution in [1.82, 2.24) is 5.32 Å². The number of thiophene rings is 1. The summed E-state index contributed by atoms with van der Waals surface area (Å²) in [5.74, 6) is 0. The normalized spacial score (nSPS) is 12.7. The molecule has 1 aromatic heterocycles. The zero-order chi connectivity index (χ0) is 13.3. The summed E-state index contributed by atoms with van der Waals surface area (Å²) in [5, 5.41) is 6.85. The second-order valence-corrected chi connectivity index (χ2v) is 6.07. The summed E-state index contributed by atoms with van der Waals surface area (Å²) in [6, 6.07) is 6.11. The molecule has 0 fully saturated rings. The van der Waals surface area contributed by atoms with Crippen molar-refractivity contribution < 1.29 is 0 Å². The van der Waals surface area contributed by atoms with Gasteiger partial charge in [-0.2, -0.15) is 0 Å². The number of halogens is 2. The molecule has 1 unspecified atom stereocenters. The van der Waals surface area contributed by atoms with Gasteiger partial charge in [-0.1, -0.05) is 29.3 Å². The van der Waals surface area contributed by atoms with Crippen LogP contribution in [0, 0.1) is 13.8 Å². The van der Waals surface area contributed by atoms with Gasteiger partial charge in [-0.3, -0.25) is 0 Å². The molecule has 0 aliphatic heterocycles. The number of aryl methyl sites for hydroxylation is 2. The van der Waals surface area contributed by atoms with Crippen LogP contribution in [0.4, 0.5) is 0 Å². The van der Waals surface area contributed by atoms with E-state index in [4.69, 9.17) is 23.2 Å². The number of hydrogen-bond acceptors (Lipinski definition) is 2. The lowest BCUT2D eigenvalue weighted by molar-refractivity contribution is 0.703. The molecule has 0 spiro atoms. The van der Waals surface area contributed by atoms with Gasteiger partial charge >= 0.3 is 0 Å². The summed E-state index contributed by atoms with van der Waals surface area (Å²) in [6.45, 7) is 4.16. The average molecular weight is 300 g/mol. The van der Waals surface area contributed by atoms with Gasteiger partial charge in [0.05, 0.1) is 11.1 Å². The highest BCUT2D eigenvalue weighted by atomic mass is 35.5. The molecule has 1 N–H and O–H groups in total. The van der Waals surface area contributed by atoms with Gasteiger partial charge in [0.1, 0.15) is 0 Å². The third-order valence-corrected chi connectivity index (χ3v) is 4.87. The highest BCUT2D eigenvalue weighted by Gasteiger charge is 2.19. The Hall–Kier alpha value is -0.540. The van der Waals surface area contributed by atoms with E-state index in [-0.39, 0.29) is 6.04 Å². The van der Waals surface area contributed by atoms with Crippen molar-refractivity contribution in [2.75, 3.05) is 7.05 Å². The van der Waals surface area contributed by atoms with Crippen LogP contribution in [0.5, 0.6) is 0 Å². The molecule has 1 nitrogen and oxygen atoms in total. The smallest absolute Gasteiger partial charge is 0.0698 e. The Morgan fingerprint density at radius 2 is 1.78 bits per heavy atom. The van der Waals surface area contributed by atoms with E-state index >= 15 is 0 Å². The van der Waals surface area contributed by atoms with Crippen LogP contribution in [0.25, 0.3) is 0 Å². The van der Waals surface area contributed by atoms with Crippen LogP contribution in [-0.4, -0.2) is 7.05 Å². The van der Waals surface area contributed by atoms with Crippen molar-refractivity contribution in [3.63, 3.8) is 0 Å². The fourth-order valence-electron chi connectivity index (χ4n) is 1.96. The number of rotatable bonds is 3. The zero-order valence-electron chi connectivity index (χ0n) is 10.6. The average Bonchev–Trinajstić information content (AvgIpc) is 2.73. The second-order valence-electron chi connectivity index (χ2n) is 4.31. The van der Waals surface area contributed by atoms with Crippen LogP contribution in [0.2, 0.25) is 10.0 Å². The van der Waals surface area contributed by atoms with Gasteiger partial charge in [0.2, 0.25) is 0 Å². The summed E-state index contributed by atoms with van der Waals surface area (Å²) >= 11 is 14.2. The minimum Gasteiger partial charge on any atom is -0.309 e. The predicted molar refractivity (Wildman–Crippen MR) is 81.2 cm³/mol. The molecule has 4 heteroatoms. The summed E-state index contributed by atoms with van der Waals surface area (Å²) in [7, 11) is 1.92. The Labute approximate surface area is 122 Å². The molecular weight excluding hydrogens is 285 g/mol. The standard InChI is InChI=1S/C14H15Cl2NS/c1-8-6-10(12(16)7-9(8)2)13(17-3)14-11(15)4-5-18-14/h4-7,13,17H,1-3H3. The molecule has 2 aromatic rings. The third-order valence-electron chi connectivity index (χ3n) is 3.12. The quantitative estimate of drug-likeness (QED) is 0.843. The maximum Gasteiger partial charge on any atom is 0.0698 e. The Bertz CT molecular complexity index is 563. The summed E-state index contributed by atoms with van der Waals surface area (Å²) in [5.41, 5.74) is 3.52. The summed E-state index contributed by atoms with van der Waals surface area (Å²) in [4.78, 5) is 1.10. The molecule has 0 saturated carbocycles. The van der Waals surface area contributed by atoms with Crippen molar-refractivity contribution in [2.45, 2.75) is 19.9 Å². The number of nitrogens with one attached hydrogen (secondary N) is 1. The molecule has 0 saturated heterocycles. The Morgan fingerprint density at radius 1 is 1.11 bits per heavy atom. The largest absolute Gasteiger partial charge is 0.309 e. The van der Waals surface area contributed by atoms with E-state index in [2.05, 4.69) is 25.2 Å². The minimum absolute atomic E-state index is 0.0456. The van der Waals surface area contributed by atoms with Gasteiger partial charge < -0.3 is 5.32 Å². The van der Waals surface area contributed by atoms with Gasteiger partial charge in [0.15, 0.2) is 0 Å². The van der Waals surface area contributed by atoms with Crippen LogP contribution in [0.3, 0.4) is 0 Å². The molecule has 1 heterocycles. The second kappa shape index (κ2) is 5.62. The van der Waals surface area contributed by atoms with Crippen LogP contribution in [-0.2, 0) is 0 Å². The lowest BCUT2D eigenvalue weighted by Gasteiger charge is -2.19. The fourth-order valence-corrected chi connectivity index (χ4v) is 3.58. The molecular formula is C14H15Cl2NS. The van der Waals surface area contributed by atoms with E-state index < -0.39 is 0 Å². The molecule has 0 aliphatic carbocycles. The van der Waals surface area contributed by atoms with Crippen molar-refractivity contribution >= 4 is 34.5 Å². The van der Waals surface area contributed by atoms with Crippen molar-refractivity contribution in [2.24, 2.45) is 0 Å². The van der Waals surface area contributed by atoms with E-state index in [0.29, 0.717) is 0 Å². The zero-order valence-corrected chi connectivity index (χ0v) is 12.9. The first-order valence-corrected chi connectivity index (χ1v) is 7.35. The van der Waals surface area contributed by atoms with Crippen molar-refractivity contribution in [1.29, 1.82) is 0 Å². The van der Waals surface area contributed by atoms with Crippen molar-refractivity contribution in [3.05, 3.63) is 55.2 Å².